The third-order valence-corrected chi connectivity index (χ3v) is 6.40. The zero-order chi connectivity index (χ0) is 18.6. The maximum Gasteiger partial charge on any atom is 0.235 e. The highest BCUT2D eigenvalue weighted by molar-refractivity contribution is 7.92. The van der Waals surface area contributed by atoms with Crippen molar-refractivity contribution < 1.29 is 13.2 Å². The Morgan fingerprint density at radius 1 is 1.12 bits per heavy atom. The van der Waals surface area contributed by atoms with Gasteiger partial charge in [0.05, 0.1) is 11.4 Å². The van der Waals surface area contributed by atoms with Crippen molar-refractivity contribution in [1.82, 2.24) is 0 Å². The molecule has 1 saturated heterocycles. The summed E-state index contributed by atoms with van der Waals surface area (Å²) in [5.74, 6) is 0.101. The first-order valence-corrected chi connectivity index (χ1v) is 10.5. The van der Waals surface area contributed by atoms with Gasteiger partial charge in [-0.15, -0.1) is 0 Å². The van der Waals surface area contributed by atoms with E-state index in [4.69, 9.17) is 0 Å². The van der Waals surface area contributed by atoms with Crippen LogP contribution >= 0.6 is 0 Å². The third-order valence-electron chi connectivity index (χ3n) is 4.53. The summed E-state index contributed by atoms with van der Waals surface area (Å²) in [5.41, 5.74) is 3.56. The van der Waals surface area contributed by atoms with Gasteiger partial charge in [0.2, 0.25) is 15.9 Å². The largest absolute Gasteiger partial charge is 0.326 e. The van der Waals surface area contributed by atoms with Crippen molar-refractivity contribution in [3.05, 3.63) is 59.7 Å². The molecule has 138 valence electrons. The maximum atomic E-state index is 12.2. The Bertz CT molecular complexity index is 876. The second-order valence-corrected chi connectivity index (χ2v) is 8.69. The molecule has 0 bridgehead atoms. The fourth-order valence-corrected chi connectivity index (χ4v) is 4.69. The van der Waals surface area contributed by atoms with Crippen molar-refractivity contribution in [2.24, 2.45) is 0 Å². The van der Waals surface area contributed by atoms with Gasteiger partial charge in [0, 0.05) is 18.7 Å². The number of nitrogens with one attached hydrogen (secondary N) is 1. The number of amides is 1. The van der Waals surface area contributed by atoms with E-state index < -0.39 is 10.0 Å². The van der Waals surface area contributed by atoms with Gasteiger partial charge in [-0.2, -0.15) is 0 Å². The lowest BCUT2D eigenvalue weighted by atomic mass is 10.1. The molecule has 6 heteroatoms. The molecular weight excluding hydrogens is 348 g/mol. The van der Waals surface area contributed by atoms with E-state index in [0.717, 1.165) is 12.0 Å². The molecule has 0 aliphatic carbocycles. The van der Waals surface area contributed by atoms with Crippen LogP contribution in [0.2, 0.25) is 0 Å². The van der Waals surface area contributed by atoms with E-state index in [1.165, 1.54) is 9.87 Å². The number of benzene rings is 2. The van der Waals surface area contributed by atoms with Crippen LogP contribution in [0.1, 0.15) is 30.4 Å². The number of hydrogen-bond donors (Lipinski definition) is 1. The zero-order valence-corrected chi connectivity index (χ0v) is 15.8. The number of hydrogen-bond acceptors (Lipinski definition) is 3. The Morgan fingerprint density at radius 2 is 1.88 bits per heavy atom. The predicted molar refractivity (Wildman–Crippen MR) is 105 cm³/mol. The van der Waals surface area contributed by atoms with Crippen LogP contribution in [-0.4, -0.2) is 26.6 Å². The molecule has 1 aliphatic rings. The number of aryl methyl sites for hydroxylation is 2. The molecule has 2 aromatic carbocycles. The van der Waals surface area contributed by atoms with E-state index in [9.17, 15) is 13.2 Å². The Morgan fingerprint density at radius 3 is 2.62 bits per heavy atom. The highest BCUT2D eigenvalue weighted by Crippen LogP contribution is 2.26. The monoisotopic (exact) mass is 372 g/mol. The van der Waals surface area contributed by atoms with Gasteiger partial charge >= 0.3 is 0 Å². The highest BCUT2D eigenvalue weighted by atomic mass is 32.2. The Kier molecular flexibility index (Phi) is 5.61. The number of carbonyl (C=O) groups excluding carboxylic acids is 1. The van der Waals surface area contributed by atoms with Gasteiger partial charge in [0.15, 0.2) is 0 Å². The van der Waals surface area contributed by atoms with Crippen molar-refractivity contribution in [2.75, 3.05) is 21.9 Å². The molecule has 1 fully saturated rings. The van der Waals surface area contributed by atoms with Crippen molar-refractivity contribution in [3.8, 4) is 0 Å². The van der Waals surface area contributed by atoms with Crippen LogP contribution in [0.25, 0.3) is 0 Å². The van der Waals surface area contributed by atoms with Gasteiger partial charge < -0.3 is 5.32 Å². The maximum absolute atomic E-state index is 12.2. The molecule has 0 spiro atoms. The molecule has 2 aromatic rings. The molecule has 1 amide bonds. The lowest BCUT2D eigenvalue weighted by Crippen LogP contribution is -2.37. The number of sulfonamides is 1. The Balaban J connectivity index is 1.63. The fraction of sp³-hybridized carbons (Fsp3) is 0.350. The molecule has 1 aliphatic heterocycles. The summed E-state index contributed by atoms with van der Waals surface area (Å²) in [5, 5.41) is 2.87. The molecule has 5 nitrogen and oxygen atoms in total. The molecule has 0 unspecified atom stereocenters. The van der Waals surface area contributed by atoms with Crippen LogP contribution in [0.4, 0.5) is 11.4 Å². The van der Waals surface area contributed by atoms with Gasteiger partial charge in [0.25, 0.3) is 0 Å². The normalized spacial score (nSPS) is 16.3. The quantitative estimate of drug-likeness (QED) is 0.874. The molecule has 0 radical (unpaired) electrons. The zero-order valence-electron chi connectivity index (χ0n) is 14.9. The minimum atomic E-state index is -3.25. The van der Waals surface area contributed by atoms with E-state index in [-0.39, 0.29) is 11.7 Å². The van der Waals surface area contributed by atoms with Crippen molar-refractivity contribution in [2.45, 2.75) is 32.6 Å². The van der Waals surface area contributed by atoms with E-state index in [2.05, 4.69) is 5.32 Å². The molecule has 0 atom stereocenters. The predicted octanol–water partition coefficient (Wildman–Crippen LogP) is 3.50. The van der Waals surface area contributed by atoms with Crippen LogP contribution in [0.15, 0.2) is 48.5 Å². The van der Waals surface area contributed by atoms with Gasteiger partial charge in [0.1, 0.15) is 0 Å². The standard InChI is InChI=1S/C20H24N2O3S/c1-16-7-9-17(10-8-16)11-12-20(23)21-18-5-4-6-19(15-18)22-13-2-3-14-26(22,24)25/h4-10,15H,2-3,11-14H2,1H3,(H,21,23). The lowest BCUT2D eigenvalue weighted by molar-refractivity contribution is -0.116. The van der Waals surface area contributed by atoms with Crippen LogP contribution in [0, 0.1) is 6.92 Å². The van der Waals surface area contributed by atoms with Crippen LogP contribution in [0.3, 0.4) is 0 Å². The van der Waals surface area contributed by atoms with Crippen LogP contribution < -0.4 is 9.62 Å². The van der Waals surface area contributed by atoms with Gasteiger partial charge in [-0.05, 0) is 49.9 Å². The van der Waals surface area contributed by atoms with Gasteiger partial charge in [-0.3, -0.25) is 9.10 Å². The molecule has 3 rings (SSSR count). The summed E-state index contributed by atoms with van der Waals surface area (Å²) in [6, 6.07) is 15.2. The van der Waals surface area contributed by atoms with Gasteiger partial charge in [-0.25, -0.2) is 8.42 Å². The summed E-state index contributed by atoms with van der Waals surface area (Å²) in [6.07, 6.45) is 2.61. The second kappa shape index (κ2) is 7.91. The van der Waals surface area contributed by atoms with E-state index in [1.54, 1.807) is 24.3 Å². The molecule has 1 heterocycles. The summed E-state index contributed by atoms with van der Waals surface area (Å²) < 4.78 is 25.9. The van der Waals surface area contributed by atoms with E-state index >= 15 is 0 Å². The smallest absolute Gasteiger partial charge is 0.235 e. The van der Waals surface area contributed by atoms with Crippen molar-refractivity contribution >= 4 is 27.3 Å². The first kappa shape index (κ1) is 18.5. The summed E-state index contributed by atoms with van der Waals surface area (Å²) >= 11 is 0. The Hall–Kier alpha value is -2.34. The lowest BCUT2D eigenvalue weighted by Gasteiger charge is -2.28. The first-order chi connectivity index (χ1) is 12.4. The molecule has 1 N–H and O–H groups in total. The summed E-state index contributed by atoms with van der Waals surface area (Å²) in [4.78, 5) is 12.2. The van der Waals surface area contributed by atoms with Crippen LogP contribution in [0.5, 0.6) is 0 Å². The minimum absolute atomic E-state index is 0.0794. The topological polar surface area (TPSA) is 66.5 Å². The average Bonchev–Trinajstić information content (AvgIpc) is 2.61. The SMILES string of the molecule is Cc1ccc(CCC(=O)Nc2cccc(N3CCCCS3(=O)=O)c2)cc1. The summed E-state index contributed by atoms with van der Waals surface area (Å²) in [7, 11) is -3.25. The van der Waals surface area contributed by atoms with E-state index in [0.29, 0.717) is 37.2 Å². The third kappa shape index (κ3) is 4.64. The van der Waals surface area contributed by atoms with Crippen molar-refractivity contribution in [1.29, 1.82) is 0 Å². The number of carbonyl (C=O) groups is 1. The molecule has 26 heavy (non-hydrogen) atoms. The fourth-order valence-electron chi connectivity index (χ4n) is 3.05. The number of anilines is 2. The number of nitrogens with zero attached hydrogens (tertiary/aromatic N) is 1. The molecule has 0 aromatic heterocycles. The highest BCUT2D eigenvalue weighted by Gasteiger charge is 2.26. The molecular formula is C20H24N2O3S. The van der Waals surface area contributed by atoms with Crippen LogP contribution in [-0.2, 0) is 21.2 Å². The van der Waals surface area contributed by atoms with Gasteiger partial charge in [-0.1, -0.05) is 35.9 Å². The Labute approximate surface area is 155 Å². The summed E-state index contributed by atoms with van der Waals surface area (Å²) in [6.45, 7) is 2.53. The average molecular weight is 372 g/mol. The first-order valence-electron chi connectivity index (χ1n) is 8.90. The minimum Gasteiger partial charge on any atom is -0.326 e. The number of rotatable bonds is 5. The molecule has 0 saturated carbocycles. The second-order valence-electron chi connectivity index (χ2n) is 6.68. The van der Waals surface area contributed by atoms with Crippen molar-refractivity contribution in [3.63, 3.8) is 0 Å². The van der Waals surface area contributed by atoms with E-state index in [1.807, 2.05) is 31.2 Å².